The highest BCUT2D eigenvalue weighted by Gasteiger charge is 2.27. The molecule has 0 unspecified atom stereocenters. The quantitative estimate of drug-likeness (QED) is 0.780. The molecule has 1 aromatic rings. The largest absolute Gasteiger partial charge is 0.399 e. The summed E-state index contributed by atoms with van der Waals surface area (Å²) in [6, 6.07) is 8.20. The molecule has 0 saturated carbocycles. The summed E-state index contributed by atoms with van der Waals surface area (Å²) >= 11 is 0. The highest BCUT2D eigenvalue weighted by atomic mass is 35.5. The van der Waals surface area contributed by atoms with E-state index in [2.05, 4.69) is 22.2 Å². The summed E-state index contributed by atoms with van der Waals surface area (Å²) < 4.78 is 0. The van der Waals surface area contributed by atoms with Gasteiger partial charge in [0.05, 0.1) is 0 Å². The molecule has 0 aromatic heterocycles. The second kappa shape index (κ2) is 10.2. The first-order valence-electron chi connectivity index (χ1n) is 8.71. The Labute approximate surface area is 163 Å². The molecule has 142 valence electrons. The predicted octanol–water partition coefficient (Wildman–Crippen LogP) is 2.40. The molecule has 0 bridgehead atoms. The van der Waals surface area contributed by atoms with Crippen LogP contribution >= 0.6 is 24.8 Å². The SMILES string of the molecule is CN1CCC(N2CCC(NC(=O)c3cccc(N)c3)CC2)CC1.Cl.Cl. The van der Waals surface area contributed by atoms with E-state index in [1.807, 2.05) is 12.1 Å². The lowest BCUT2D eigenvalue weighted by atomic mass is 9.98. The van der Waals surface area contributed by atoms with Crippen LogP contribution in [0.2, 0.25) is 0 Å². The van der Waals surface area contributed by atoms with Crippen LogP contribution in [0.15, 0.2) is 24.3 Å². The Balaban J connectivity index is 0.00000156. The molecule has 25 heavy (non-hydrogen) atoms. The van der Waals surface area contributed by atoms with Gasteiger partial charge in [-0.05, 0) is 64.0 Å². The van der Waals surface area contributed by atoms with Crippen molar-refractivity contribution >= 4 is 36.4 Å². The molecule has 0 atom stereocenters. The smallest absolute Gasteiger partial charge is 0.251 e. The number of piperidine rings is 2. The Morgan fingerprint density at radius 2 is 1.72 bits per heavy atom. The van der Waals surface area contributed by atoms with E-state index in [1.165, 1.54) is 25.9 Å². The summed E-state index contributed by atoms with van der Waals surface area (Å²) in [5, 5.41) is 3.16. The number of halogens is 2. The Morgan fingerprint density at radius 1 is 1.08 bits per heavy atom. The maximum absolute atomic E-state index is 12.3. The average molecular weight is 389 g/mol. The number of nitrogens with zero attached hydrogens (tertiary/aromatic N) is 2. The van der Waals surface area contributed by atoms with Crippen molar-refractivity contribution in [3.05, 3.63) is 29.8 Å². The Morgan fingerprint density at radius 3 is 2.32 bits per heavy atom. The number of carbonyl (C=O) groups excluding carboxylic acids is 1. The van der Waals surface area contributed by atoms with Crippen molar-refractivity contribution in [1.29, 1.82) is 0 Å². The van der Waals surface area contributed by atoms with E-state index in [9.17, 15) is 4.79 Å². The molecule has 5 nitrogen and oxygen atoms in total. The maximum atomic E-state index is 12.3. The zero-order valence-electron chi connectivity index (χ0n) is 14.8. The van der Waals surface area contributed by atoms with Gasteiger partial charge in [-0.2, -0.15) is 0 Å². The molecule has 0 spiro atoms. The molecule has 1 amide bonds. The number of carbonyl (C=O) groups is 1. The van der Waals surface area contributed by atoms with Crippen molar-refractivity contribution in [1.82, 2.24) is 15.1 Å². The number of nitrogens with one attached hydrogen (secondary N) is 1. The summed E-state index contributed by atoms with van der Waals surface area (Å²) in [6.45, 7) is 4.60. The predicted molar refractivity (Wildman–Crippen MR) is 108 cm³/mol. The van der Waals surface area contributed by atoms with Crippen LogP contribution in [0.25, 0.3) is 0 Å². The van der Waals surface area contributed by atoms with Crippen molar-refractivity contribution in [3.8, 4) is 0 Å². The van der Waals surface area contributed by atoms with Crippen LogP contribution < -0.4 is 11.1 Å². The third-order valence-electron chi connectivity index (χ3n) is 5.22. The number of anilines is 1. The molecule has 0 aliphatic carbocycles. The number of nitrogen functional groups attached to an aromatic ring is 1. The van der Waals surface area contributed by atoms with E-state index in [0.29, 0.717) is 11.3 Å². The second-order valence-corrected chi connectivity index (χ2v) is 6.94. The number of nitrogens with two attached hydrogens (primary N) is 1. The summed E-state index contributed by atoms with van der Waals surface area (Å²) in [5.41, 5.74) is 7.04. The lowest BCUT2D eigenvalue weighted by Crippen LogP contribution is -2.50. The second-order valence-electron chi connectivity index (χ2n) is 6.94. The normalized spacial score (nSPS) is 20.4. The topological polar surface area (TPSA) is 61.6 Å². The Kier molecular flexibility index (Phi) is 9.00. The van der Waals surface area contributed by atoms with E-state index in [0.717, 1.165) is 32.0 Å². The number of likely N-dealkylation sites (tertiary alicyclic amines) is 2. The number of rotatable bonds is 3. The van der Waals surface area contributed by atoms with Gasteiger partial charge in [0.25, 0.3) is 5.91 Å². The van der Waals surface area contributed by atoms with Crippen molar-refractivity contribution in [2.45, 2.75) is 37.8 Å². The van der Waals surface area contributed by atoms with Crippen LogP contribution in [0.4, 0.5) is 5.69 Å². The van der Waals surface area contributed by atoms with Crippen LogP contribution in [0, 0.1) is 0 Å². The van der Waals surface area contributed by atoms with Gasteiger partial charge in [-0.3, -0.25) is 4.79 Å². The summed E-state index contributed by atoms with van der Waals surface area (Å²) in [4.78, 5) is 17.3. The van der Waals surface area contributed by atoms with E-state index in [-0.39, 0.29) is 36.8 Å². The molecule has 2 fully saturated rings. The molecule has 2 heterocycles. The molecule has 2 aliphatic heterocycles. The first-order valence-corrected chi connectivity index (χ1v) is 8.71. The molecule has 1 aromatic carbocycles. The number of hydrogen-bond acceptors (Lipinski definition) is 4. The summed E-state index contributed by atoms with van der Waals surface area (Å²) in [6.07, 6.45) is 4.63. The molecule has 3 rings (SSSR count). The van der Waals surface area contributed by atoms with Gasteiger partial charge in [0.15, 0.2) is 0 Å². The summed E-state index contributed by atoms with van der Waals surface area (Å²) in [7, 11) is 2.20. The third kappa shape index (κ3) is 6.03. The molecular weight excluding hydrogens is 359 g/mol. The van der Waals surface area contributed by atoms with E-state index < -0.39 is 0 Å². The fraction of sp³-hybridized carbons (Fsp3) is 0.611. The Bertz CT molecular complexity index is 542. The fourth-order valence-corrected chi connectivity index (χ4v) is 3.72. The van der Waals surface area contributed by atoms with Crippen molar-refractivity contribution < 1.29 is 4.79 Å². The van der Waals surface area contributed by atoms with Crippen LogP contribution in [0.5, 0.6) is 0 Å². The highest BCUT2D eigenvalue weighted by molar-refractivity contribution is 5.95. The van der Waals surface area contributed by atoms with Gasteiger partial charge in [-0.15, -0.1) is 24.8 Å². The van der Waals surface area contributed by atoms with Gasteiger partial charge < -0.3 is 20.9 Å². The Hall–Kier alpha value is -1.01. The minimum Gasteiger partial charge on any atom is -0.399 e. The number of amides is 1. The maximum Gasteiger partial charge on any atom is 0.251 e. The van der Waals surface area contributed by atoms with Gasteiger partial charge in [0.1, 0.15) is 0 Å². The number of hydrogen-bond donors (Lipinski definition) is 2. The van der Waals surface area contributed by atoms with Crippen molar-refractivity contribution in [2.24, 2.45) is 0 Å². The van der Waals surface area contributed by atoms with Crippen molar-refractivity contribution in [2.75, 3.05) is 39.0 Å². The average Bonchev–Trinajstić information content (AvgIpc) is 2.56. The van der Waals surface area contributed by atoms with E-state index in [4.69, 9.17) is 5.73 Å². The summed E-state index contributed by atoms with van der Waals surface area (Å²) in [5.74, 6) is -0.00459. The first kappa shape index (κ1) is 22.0. The minimum absolute atomic E-state index is 0. The zero-order chi connectivity index (χ0) is 16.2. The third-order valence-corrected chi connectivity index (χ3v) is 5.22. The molecule has 2 aliphatic rings. The van der Waals surface area contributed by atoms with Crippen molar-refractivity contribution in [3.63, 3.8) is 0 Å². The van der Waals surface area contributed by atoms with Crippen LogP contribution in [0.1, 0.15) is 36.0 Å². The van der Waals surface area contributed by atoms with Gasteiger partial charge in [0.2, 0.25) is 0 Å². The molecule has 2 saturated heterocycles. The van der Waals surface area contributed by atoms with Gasteiger partial charge in [-0.25, -0.2) is 0 Å². The molecule has 3 N–H and O–H groups in total. The first-order chi connectivity index (χ1) is 11.1. The lowest BCUT2D eigenvalue weighted by Gasteiger charge is -2.41. The van der Waals surface area contributed by atoms with E-state index >= 15 is 0 Å². The molecule has 7 heteroatoms. The molecule has 0 radical (unpaired) electrons. The zero-order valence-corrected chi connectivity index (χ0v) is 16.5. The van der Waals surface area contributed by atoms with Gasteiger partial charge >= 0.3 is 0 Å². The highest BCUT2D eigenvalue weighted by Crippen LogP contribution is 2.20. The lowest BCUT2D eigenvalue weighted by molar-refractivity contribution is 0.0807. The van der Waals surface area contributed by atoms with Crippen LogP contribution in [0.3, 0.4) is 0 Å². The fourth-order valence-electron chi connectivity index (χ4n) is 3.72. The minimum atomic E-state index is -0.00459. The van der Waals surface area contributed by atoms with Gasteiger partial charge in [-0.1, -0.05) is 6.07 Å². The van der Waals surface area contributed by atoms with Crippen LogP contribution in [-0.4, -0.2) is 61.0 Å². The number of benzene rings is 1. The standard InChI is InChI=1S/C18H28N4O.2ClH/c1-21-9-7-17(8-10-21)22-11-5-16(6-12-22)20-18(23)14-3-2-4-15(19)13-14;;/h2-4,13,16-17H,5-12,19H2,1H3,(H,20,23);2*1H. The molecular formula is C18H30Cl2N4O. The van der Waals surface area contributed by atoms with E-state index in [1.54, 1.807) is 12.1 Å². The van der Waals surface area contributed by atoms with Gasteiger partial charge in [0, 0.05) is 36.4 Å². The monoisotopic (exact) mass is 388 g/mol. The van der Waals surface area contributed by atoms with Crippen LogP contribution in [-0.2, 0) is 0 Å².